The van der Waals surface area contributed by atoms with Crippen LogP contribution in [0.3, 0.4) is 0 Å². The highest BCUT2D eigenvalue weighted by Gasteiger charge is 2.40. The summed E-state index contributed by atoms with van der Waals surface area (Å²) < 4.78 is 0. The van der Waals surface area contributed by atoms with Gasteiger partial charge in [0.2, 0.25) is 5.91 Å². The molecule has 2 aliphatic rings. The number of nitrogens with one attached hydrogen (secondary N) is 1. The first kappa shape index (κ1) is 18.4. The minimum Gasteiger partial charge on any atom is -0.354 e. The lowest BCUT2D eigenvalue weighted by Gasteiger charge is -2.34. The van der Waals surface area contributed by atoms with Crippen molar-refractivity contribution in [1.29, 1.82) is 0 Å². The van der Waals surface area contributed by atoms with Crippen LogP contribution in [-0.2, 0) is 9.59 Å². The molecule has 0 aromatic rings. The maximum absolute atomic E-state index is 12.7. The molecule has 1 saturated heterocycles. The maximum atomic E-state index is 12.7. The Kier molecular flexibility index (Phi) is 6.24. The van der Waals surface area contributed by atoms with Gasteiger partial charge < -0.3 is 5.32 Å². The maximum Gasteiger partial charge on any atom is 0.223 e. The van der Waals surface area contributed by atoms with Crippen molar-refractivity contribution in [3.8, 4) is 0 Å². The number of carbonyl (C=O) groups excluding carboxylic acids is 2. The lowest BCUT2D eigenvalue weighted by molar-refractivity contribution is -0.140. The van der Waals surface area contributed by atoms with Gasteiger partial charge in [0.15, 0.2) is 0 Å². The molecule has 2 rings (SSSR count). The molecule has 1 aliphatic carbocycles. The number of likely N-dealkylation sites (tertiary alicyclic amines) is 1. The summed E-state index contributed by atoms with van der Waals surface area (Å²) in [6, 6.07) is 0.476. The number of carbonyl (C=O) groups is 2. The quantitative estimate of drug-likeness (QED) is 0.846. The van der Waals surface area contributed by atoms with Crippen LogP contribution < -0.4 is 5.32 Å². The molecule has 1 amide bonds. The SMILES string of the molecule is CCN1CCC[C@H]1CNC(=O)[C@H]1CCCC[C@H]1C(=O)C(C)(C)C. The summed E-state index contributed by atoms with van der Waals surface area (Å²) in [5.74, 6) is 0.158. The Hall–Kier alpha value is -0.900. The van der Waals surface area contributed by atoms with E-state index in [-0.39, 0.29) is 28.9 Å². The van der Waals surface area contributed by atoms with Crippen LogP contribution in [0.4, 0.5) is 0 Å². The van der Waals surface area contributed by atoms with Gasteiger partial charge in [-0.25, -0.2) is 0 Å². The zero-order chi connectivity index (χ0) is 17.0. The lowest BCUT2D eigenvalue weighted by atomic mass is 9.70. The highest BCUT2D eigenvalue weighted by molar-refractivity contribution is 5.91. The number of hydrogen-bond acceptors (Lipinski definition) is 3. The normalized spacial score (nSPS) is 29.5. The van der Waals surface area contributed by atoms with Crippen molar-refractivity contribution in [3.05, 3.63) is 0 Å². The molecule has 0 spiro atoms. The van der Waals surface area contributed by atoms with Gasteiger partial charge >= 0.3 is 0 Å². The average Bonchev–Trinajstić information content (AvgIpc) is 2.98. The Bertz CT molecular complexity index is 428. The monoisotopic (exact) mass is 322 g/mol. The molecule has 0 aromatic carbocycles. The highest BCUT2D eigenvalue weighted by atomic mass is 16.2. The molecule has 132 valence electrons. The van der Waals surface area contributed by atoms with E-state index in [0.717, 1.165) is 45.3 Å². The van der Waals surface area contributed by atoms with Crippen molar-refractivity contribution in [1.82, 2.24) is 10.2 Å². The fourth-order valence-electron chi connectivity index (χ4n) is 4.21. The fraction of sp³-hybridized carbons (Fsp3) is 0.895. The molecule has 1 N–H and O–H groups in total. The summed E-state index contributed by atoms with van der Waals surface area (Å²) in [7, 11) is 0. The standard InChI is InChI=1S/C19H34N2O2/c1-5-21-12-8-9-14(21)13-20-18(23)16-11-7-6-10-15(16)17(22)19(2,3)4/h14-16H,5-13H2,1-4H3,(H,20,23)/t14-,15+,16-/m0/s1. The molecule has 0 unspecified atom stereocenters. The molecule has 4 heteroatoms. The van der Waals surface area contributed by atoms with Crippen LogP contribution in [0, 0.1) is 17.3 Å². The molecule has 0 aromatic heterocycles. The molecule has 4 nitrogen and oxygen atoms in total. The van der Waals surface area contributed by atoms with Gasteiger partial charge in [0.05, 0.1) is 0 Å². The predicted octanol–water partition coefficient (Wildman–Crippen LogP) is 3.01. The zero-order valence-electron chi connectivity index (χ0n) is 15.4. The smallest absolute Gasteiger partial charge is 0.223 e. The third-order valence-corrected chi connectivity index (χ3v) is 5.60. The Balaban J connectivity index is 1.94. The number of nitrogens with zero attached hydrogens (tertiary/aromatic N) is 1. The first-order valence-corrected chi connectivity index (χ1v) is 9.40. The number of rotatable bonds is 5. The molecule has 1 aliphatic heterocycles. The Morgan fingerprint density at radius 1 is 1.04 bits per heavy atom. The van der Waals surface area contributed by atoms with Crippen LogP contribution in [0.1, 0.15) is 66.2 Å². The van der Waals surface area contributed by atoms with Crippen LogP contribution in [-0.4, -0.2) is 42.3 Å². The highest BCUT2D eigenvalue weighted by Crippen LogP contribution is 2.35. The predicted molar refractivity (Wildman–Crippen MR) is 93.2 cm³/mol. The molecular weight excluding hydrogens is 288 g/mol. The van der Waals surface area contributed by atoms with Gasteiger partial charge in [-0.3, -0.25) is 14.5 Å². The molecule has 3 atom stereocenters. The molecule has 2 fully saturated rings. The first-order chi connectivity index (χ1) is 10.8. The minimum absolute atomic E-state index is 0.0883. The van der Waals surface area contributed by atoms with Gasteiger partial charge in [-0.05, 0) is 38.8 Å². The second-order valence-corrected chi connectivity index (χ2v) is 8.28. The summed E-state index contributed by atoms with van der Waals surface area (Å²) in [5, 5.41) is 3.16. The van der Waals surface area contributed by atoms with Crippen LogP contribution in [0.2, 0.25) is 0 Å². The lowest BCUT2D eigenvalue weighted by Crippen LogP contribution is -2.46. The average molecular weight is 322 g/mol. The van der Waals surface area contributed by atoms with Gasteiger partial charge in [-0.15, -0.1) is 0 Å². The second kappa shape index (κ2) is 7.78. The molecule has 0 bridgehead atoms. The van der Waals surface area contributed by atoms with E-state index in [4.69, 9.17) is 0 Å². The van der Waals surface area contributed by atoms with Gasteiger partial charge in [-0.2, -0.15) is 0 Å². The van der Waals surface area contributed by atoms with Crippen LogP contribution in [0.15, 0.2) is 0 Å². The number of amides is 1. The van der Waals surface area contributed by atoms with Crippen molar-refractivity contribution in [3.63, 3.8) is 0 Å². The second-order valence-electron chi connectivity index (χ2n) is 8.28. The van der Waals surface area contributed by atoms with E-state index in [9.17, 15) is 9.59 Å². The minimum atomic E-state index is -0.356. The van der Waals surface area contributed by atoms with E-state index >= 15 is 0 Å². The number of ketones is 1. The Labute approximate surface area is 141 Å². The summed E-state index contributed by atoms with van der Waals surface area (Å²) in [5.41, 5.74) is -0.356. The van der Waals surface area contributed by atoms with Gasteiger partial charge in [0.25, 0.3) is 0 Å². The van der Waals surface area contributed by atoms with Crippen molar-refractivity contribution in [2.45, 2.75) is 72.3 Å². The zero-order valence-corrected chi connectivity index (χ0v) is 15.4. The molecule has 1 heterocycles. The van der Waals surface area contributed by atoms with Crippen LogP contribution in [0.25, 0.3) is 0 Å². The number of Topliss-reactive ketones (excluding diaryl/α,β-unsaturated/α-hetero) is 1. The van der Waals surface area contributed by atoms with Gasteiger partial charge in [0, 0.05) is 29.8 Å². The van der Waals surface area contributed by atoms with Crippen LogP contribution in [0.5, 0.6) is 0 Å². The van der Waals surface area contributed by atoms with E-state index in [2.05, 4.69) is 17.1 Å². The third kappa shape index (κ3) is 4.56. The Morgan fingerprint density at radius 3 is 2.30 bits per heavy atom. The van der Waals surface area contributed by atoms with E-state index in [1.165, 1.54) is 12.8 Å². The summed E-state index contributed by atoms with van der Waals surface area (Å²) in [6.45, 7) is 11.0. The van der Waals surface area contributed by atoms with Gasteiger partial charge in [-0.1, -0.05) is 40.5 Å². The number of hydrogen-bond donors (Lipinski definition) is 1. The van der Waals surface area contributed by atoms with Crippen molar-refractivity contribution < 1.29 is 9.59 Å². The van der Waals surface area contributed by atoms with E-state index < -0.39 is 0 Å². The fourth-order valence-corrected chi connectivity index (χ4v) is 4.21. The number of likely N-dealkylation sites (N-methyl/N-ethyl adjacent to an activating group) is 1. The summed E-state index contributed by atoms with van der Waals surface area (Å²) in [4.78, 5) is 27.9. The van der Waals surface area contributed by atoms with Crippen molar-refractivity contribution >= 4 is 11.7 Å². The van der Waals surface area contributed by atoms with Gasteiger partial charge in [0.1, 0.15) is 5.78 Å². The van der Waals surface area contributed by atoms with Crippen molar-refractivity contribution in [2.75, 3.05) is 19.6 Å². The molecular formula is C19H34N2O2. The molecule has 1 saturated carbocycles. The largest absolute Gasteiger partial charge is 0.354 e. The van der Waals surface area contributed by atoms with Crippen LogP contribution >= 0.6 is 0 Å². The molecule has 23 heavy (non-hydrogen) atoms. The topological polar surface area (TPSA) is 49.4 Å². The summed E-state index contributed by atoms with van der Waals surface area (Å²) >= 11 is 0. The van der Waals surface area contributed by atoms with E-state index in [1.807, 2.05) is 20.8 Å². The molecule has 0 radical (unpaired) electrons. The van der Waals surface area contributed by atoms with E-state index in [0.29, 0.717) is 6.04 Å². The third-order valence-electron chi connectivity index (χ3n) is 5.60. The van der Waals surface area contributed by atoms with E-state index in [1.54, 1.807) is 0 Å². The summed E-state index contributed by atoms with van der Waals surface area (Å²) in [6.07, 6.45) is 6.27. The van der Waals surface area contributed by atoms with Crippen molar-refractivity contribution in [2.24, 2.45) is 17.3 Å². The first-order valence-electron chi connectivity index (χ1n) is 9.40. The Morgan fingerprint density at radius 2 is 1.70 bits per heavy atom.